The van der Waals surface area contributed by atoms with Gasteiger partial charge in [-0.05, 0) is 43.9 Å². The minimum absolute atomic E-state index is 0.113. The maximum atomic E-state index is 11.4. The Kier molecular flexibility index (Phi) is 4.08. The van der Waals surface area contributed by atoms with Gasteiger partial charge in [0.25, 0.3) is 0 Å². The van der Waals surface area contributed by atoms with Gasteiger partial charge in [-0.3, -0.25) is 0 Å². The van der Waals surface area contributed by atoms with E-state index < -0.39 is 9.84 Å². The Morgan fingerprint density at radius 2 is 2.14 bits per heavy atom. The molecule has 1 aromatic carbocycles. The molecule has 1 aromatic rings. The highest BCUT2D eigenvalue weighted by Gasteiger charge is 2.28. The summed E-state index contributed by atoms with van der Waals surface area (Å²) in [6.45, 7) is 2.41. The fourth-order valence-corrected chi connectivity index (χ4v) is 4.58. The van der Waals surface area contributed by atoms with E-state index in [0.717, 1.165) is 30.8 Å². The van der Waals surface area contributed by atoms with Crippen LogP contribution in [0, 0.1) is 0 Å². The quantitative estimate of drug-likeness (QED) is 0.893. The lowest BCUT2D eigenvalue weighted by Crippen LogP contribution is -2.37. The smallest absolute Gasteiger partial charge is 0.231 e. The van der Waals surface area contributed by atoms with Crippen LogP contribution in [-0.2, 0) is 16.3 Å². The molecule has 116 valence electrons. The number of rotatable bonds is 5. The lowest BCUT2D eigenvalue weighted by molar-refractivity contribution is 0.174. The average Bonchev–Trinajstić information content (AvgIpc) is 3.02. The monoisotopic (exact) mass is 311 g/mol. The number of ether oxygens (including phenoxy) is 2. The predicted octanol–water partition coefficient (Wildman–Crippen LogP) is 1.51. The summed E-state index contributed by atoms with van der Waals surface area (Å²) >= 11 is 0. The zero-order valence-electron chi connectivity index (χ0n) is 12.2. The van der Waals surface area contributed by atoms with Crippen molar-refractivity contribution in [3.8, 4) is 11.5 Å². The van der Waals surface area contributed by atoms with Crippen molar-refractivity contribution >= 4 is 9.84 Å². The van der Waals surface area contributed by atoms with E-state index in [1.54, 1.807) is 0 Å². The predicted molar refractivity (Wildman–Crippen MR) is 80.5 cm³/mol. The summed E-state index contributed by atoms with van der Waals surface area (Å²) in [5.74, 6) is 2.22. The first kappa shape index (κ1) is 14.7. The first-order chi connectivity index (χ1) is 10.0. The molecule has 0 unspecified atom stereocenters. The molecule has 1 fully saturated rings. The van der Waals surface area contributed by atoms with Gasteiger partial charge in [0, 0.05) is 12.1 Å². The summed E-state index contributed by atoms with van der Waals surface area (Å²) in [7, 11) is -2.81. The van der Waals surface area contributed by atoms with Crippen LogP contribution in [0.3, 0.4) is 0 Å². The Labute approximate surface area is 125 Å². The van der Waals surface area contributed by atoms with E-state index in [0.29, 0.717) is 18.6 Å². The van der Waals surface area contributed by atoms with Crippen molar-refractivity contribution in [2.75, 3.05) is 18.3 Å². The van der Waals surface area contributed by atoms with Gasteiger partial charge in [0.2, 0.25) is 6.79 Å². The minimum Gasteiger partial charge on any atom is -0.454 e. The number of sulfone groups is 1. The molecule has 2 heterocycles. The number of hydrogen-bond acceptors (Lipinski definition) is 5. The van der Waals surface area contributed by atoms with Gasteiger partial charge < -0.3 is 14.8 Å². The van der Waals surface area contributed by atoms with Gasteiger partial charge in [0.1, 0.15) is 0 Å². The Hall–Kier alpha value is -1.27. The molecule has 5 nitrogen and oxygen atoms in total. The van der Waals surface area contributed by atoms with E-state index in [9.17, 15) is 8.42 Å². The van der Waals surface area contributed by atoms with Gasteiger partial charge >= 0.3 is 0 Å². The van der Waals surface area contributed by atoms with E-state index in [1.807, 2.05) is 12.1 Å². The van der Waals surface area contributed by atoms with Crippen LogP contribution in [0.5, 0.6) is 11.5 Å². The first-order valence-electron chi connectivity index (χ1n) is 7.37. The van der Waals surface area contributed by atoms with Crippen LogP contribution in [0.4, 0.5) is 0 Å². The molecule has 1 saturated heterocycles. The molecule has 3 rings (SSSR count). The normalized spacial score (nSPS) is 24.1. The molecule has 21 heavy (non-hydrogen) atoms. The summed E-state index contributed by atoms with van der Waals surface area (Å²) in [6, 6.07) is 6.43. The average molecular weight is 311 g/mol. The molecule has 6 heteroatoms. The van der Waals surface area contributed by atoms with Crippen LogP contribution < -0.4 is 14.8 Å². The zero-order chi connectivity index (χ0) is 14.9. The molecular formula is C15H21NO4S. The van der Waals surface area contributed by atoms with Crippen LogP contribution >= 0.6 is 0 Å². The molecule has 0 amide bonds. The van der Waals surface area contributed by atoms with Crippen LogP contribution in [0.25, 0.3) is 0 Å². The second-order valence-electron chi connectivity index (χ2n) is 5.89. The SMILES string of the molecule is C[C@H](CCc1ccc2c(c1)OCO2)N[C@@H]1CCS(=O)(=O)C1. The van der Waals surface area contributed by atoms with Crippen LogP contribution in [-0.4, -0.2) is 38.8 Å². The Bertz CT molecular complexity index is 614. The summed E-state index contributed by atoms with van der Waals surface area (Å²) in [5.41, 5.74) is 1.21. The lowest BCUT2D eigenvalue weighted by atomic mass is 10.0. The Balaban J connectivity index is 1.49. The van der Waals surface area contributed by atoms with E-state index in [4.69, 9.17) is 9.47 Å². The van der Waals surface area contributed by atoms with Gasteiger partial charge in [0.15, 0.2) is 21.3 Å². The third-order valence-corrected chi connectivity index (χ3v) is 5.82. The minimum atomic E-state index is -2.81. The number of nitrogens with one attached hydrogen (secondary N) is 1. The van der Waals surface area contributed by atoms with Crippen molar-refractivity contribution in [1.82, 2.24) is 5.32 Å². The van der Waals surface area contributed by atoms with Crippen molar-refractivity contribution in [2.24, 2.45) is 0 Å². The molecular weight excluding hydrogens is 290 g/mol. The lowest BCUT2D eigenvalue weighted by Gasteiger charge is -2.18. The van der Waals surface area contributed by atoms with Crippen molar-refractivity contribution in [1.29, 1.82) is 0 Å². The van der Waals surface area contributed by atoms with Crippen LogP contribution in [0.1, 0.15) is 25.3 Å². The maximum Gasteiger partial charge on any atom is 0.231 e. The number of hydrogen-bond donors (Lipinski definition) is 1. The Morgan fingerprint density at radius 1 is 1.33 bits per heavy atom. The third kappa shape index (κ3) is 3.68. The van der Waals surface area contributed by atoms with Gasteiger partial charge in [-0.1, -0.05) is 6.07 Å². The molecule has 1 N–H and O–H groups in total. The zero-order valence-corrected chi connectivity index (χ0v) is 13.0. The van der Waals surface area contributed by atoms with E-state index >= 15 is 0 Å². The van der Waals surface area contributed by atoms with Crippen LogP contribution in [0.15, 0.2) is 18.2 Å². The summed E-state index contributed by atoms with van der Waals surface area (Å²) in [6.07, 6.45) is 2.64. The fraction of sp³-hybridized carbons (Fsp3) is 0.600. The van der Waals surface area contributed by atoms with E-state index in [1.165, 1.54) is 5.56 Å². The number of aryl methyl sites for hydroxylation is 1. The standard InChI is InChI=1S/C15H21NO4S/c1-11(16-13-6-7-21(17,18)9-13)2-3-12-4-5-14-15(8-12)20-10-19-14/h4-5,8,11,13,16H,2-3,6-7,9-10H2,1H3/t11-,13-/m1/s1. The van der Waals surface area contributed by atoms with Crippen LogP contribution in [0.2, 0.25) is 0 Å². The third-order valence-electron chi connectivity index (χ3n) is 4.06. The molecule has 0 bridgehead atoms. The topological polar surface area (TPSA) is 64.6 Å². The molecule has 0 saturated carbocycles. The summed E-state index contributed by atoms with van der Waals surface area (Å²) in [5, 5.41) is 3.42. The molecule has 2 aliphatic heterocycles. The highest BCUT2D eigenvalue weighted by Crippen LogP contribution is 2.32. The van der Waals surface area contributed by atoms with E-state index in [-0.39, 0.29) is 11.8 Å². The van der Waals surface area contributed by atoms with E-state index in [2.05, 4.69) is 18.3 Å². The van der Waals surface area contributed by atoms with Crippen molar-refractivity contribution in [2.45, 2.75) is 38.3 Å². The van der Waals surface area contributed by atoms with Crippen molar-refractivity contribution in [3.63, 3.8) is 0 Å². The molecule has 0 aliphatic carbocycles. The highest BCUT2D eigenvalue weighted by molar-refractivity contribution is 7.91. The Morgan fingerprint density at radius 3 is 2.90 bits per heavy atom. The highest BCUT2D eigenvalue weighted by atomic mass is 32.2. The fourth-order valence-electron chi connectivity index (χ4n) is 2.89. The van der Waals surface area contributed by atoms with Gasteiger partial charge in [-0.2, -0.15) is 0 Å². The molecule has 0 spiro atoms. The molecule has 2 atom stereocenters. The van der Waals surface area contributed by atoms with Gasteiger partial charge in [-0.25, -0.2) is 8.42 Å². The van der Waals surface area contributed by atoms with Crippen molar-refractivity contribution in [3.05, 3.63) is 23.8 Å². The van der Waals surface area contributed by atoms with Gasteiger partial charge in [-0.15, -0.1) is 0 Å². The first-order valence-corrected chi connectivity index (χ1v) is 9.19. The number of fused-ring (bicyclic) bond motifs is 1. The second-order valence-corrected chi connectivity index (χ2v) is 8.12. The summed E-state index contributed by atoms with van der Waals surface area (Å²) in [4.78, 5) is 0. The number of benzene rings is 1. The maximum absolute atomic E-state index is 11.4. The second kappa shape index (κ2) is 5.85. The largest absolute Gasteiger partial charge is 0.454 e. The molecule has 0 radical (unpaired) electrons. The summed E-state index contributed by atoms with van der Waals surface area (Å²) < 4.78 is 33.6. The van der Waals surface area contributed by atoms with Gasteiger partial charge in [0.05, 0.1) is 11.5 Å². The van der Waals surface area contributed by atoms with Crippen molar-refractivity contribution < 1.29 is 17.9 Å². The molecule has 2 aliphatic rings. The molecule has 0 aromatic heterocycles.